The second-order valence-electron chi connectivity index (χ2n) is 6.15. The fraction of sp³-hybridized carbons (Fsp3) is 0.263. The second kappa shape index (κ2) is 6.77. The third kappa shape index (κ3) is 3.31. The average Bonchev–Trinajstić information content (AvgIpc) is 3.00. The number of aromatic nitrogens is 1. The van der Waals surface area contributed by atoms with Crippen LogP contribution in [0.1, 0.15) is 17.4 Å². The highest BCUT2D eigenvalue weighted by molar-refractivity contribution is 6.42. The Kier molecular flexibility index (Phi) is 4.51. The van der Waals surface area contributed by atoms with Gasteiger partial charge in [-0.2, -0.15) is 0 Å². The van der Waals surface area contributed by atoms with E-state index >= 15 is 0 Å². The minimum atomic E-state index is 0.0258. The second-order valence-corrected chi connectivity index (χ2v) is 6.96. The first-order valence-corrected chi connectivity index (χ1v) is 8.80. The van der Waals surface area contributed by atoms with E-state index in [0.29, 0.717) is 16.7 Å². The predicted molar refractivity (Wildman–Crippen MR) is 98.7 cm³/mol. The number of nitrogens with zero attached hydrogens (tertiary/aromatic N) is 1. The number of fused-ring (bicyclic) bond motifs is 1. The Balaban J connectivity index is 1.49. The lowest BCUT2D eigenvalue weighted by Gasteiger charge is -2.33. The molecule has 0 unspecified atom stereocenters. The highest BCUT2D eigenvalue weighted by Crippen LogP contribution is 2.29. The van der Waals surface area contributed by atoms with Crippen molar-refractivity contribution in [1.82, 2.24) is 9.88 Å². The van der Waals surface area contributed by atoms with Gasteiger partial charge in [-0.3, -0.25) is 4.90 Å². The number of aromatic amines is 1. The molecular weight excluding hydrogens is 343 g/mol. The fourth-order valence-corrected chi connectivity index (χ4v) is 3.53. The number of hydrogen-bond acceptors (Lipinski definition) is 2. The Morgan fingerprint density at radius 2 is 1.96 bits per heavy atom. The number of ether oxygens (including phenoxy) is 1. The van der Waals surface area contributed by atoms with Crippen LogP contribution < -0.4 is 0 Å². The lowest BCUT2D eigenvalue weighted by molar-refractivity contribution is -0.0332. The normalized spacial score (nSPS) is 19.0. The number of hydrogen-bond donors (Lipinski definition) is 1. The maximum absolute atomic E-state index is 6.14. The summed E-state index contributed by atoms with van der Waals surface area (Å²) in [6.45, 7) is 3.36. The lowest BCUT2D eigenvalue weighted by atomic mass is 10.1. The van der Waals surface area contributed by atoms with E-state index < -0.39 is 0 Å². The number of benzene rings is 2. The fourth-order valence-electron chi connectivity index (χ4n) is 3.22. The van der Waals surface area contributed by atoms with Gasteiger partial charge >= 0.3 is 0 Å². The third-order valence-electron chi connectivity index (χ3n) is 4.45. The van der Waals surface area contributed by atoms with Crippen LogP contribution >= 0.6 is 23.2 Å². The topological polar surface area (TPSA) is 28.3 Å². The lowest BCUT2D eigenvalue weighted by Crippen LogP contribution is -2.37. The molecule has 0 amide bonds. The SMILES string of the molecule is Clc1ccc([C@H]2CN(Cc3cc4ccccc4[nH]3)CCO2)cc1Cl. The van der Waals surface area contributed by atoms with E-state index in [9.17, 15) is 0 Å². The van der Waals surface area contributed by atoms with Gasteiger partial charge < -0.3 is 9.72 Å². The van der Waals surface area contributed by atoms with Crippen LogP contribution in [0.3, 0.4) is 0 Å². The summed E-state index contributed by atoms with van der Waals surface area (Å²) in [5.41, 5.74) is 3.48. The Bertz CT molecular complexity index is 828. The largest absolute Gasteiger partial charge is 0.371 e. The van der Waals surface area contributed by atoms with Gasteiger partial charge in [0.05, 0.1) is 22.8 Å². The Labute approximate surface area is 151 Å². The van der Waals surface area contributed by atoms with Crippen molar-refractivity contribution >= 4 is 34.1 Å². The summed E-state index contributed by atoms with van der Waals surface area (Å²) in [6, 6.07) is 16.3. The quantitative estimate of drug-likeness (QED) is 0.707. The van der Waals surface area contributed by atoms with Crippen molar-refractivity contribution in [3.8, 4) is 0 Å². The third-order valence-corrected chi connectivity index (χ3v) is 5.18. The Morgan fingerprint density at radius 3 is 2.79 bits per heavy atom. The maximum Gasteiger partial charge on any atom is 0.0953 e. The van der Waals surface area contributed by atoms with E-state index in [-0.39, 0.29) is 6.10 Å². The maximum atomic E-state index is 6.14. The van der Waals surface area contributed by atoms with Crippen molar-refractivity contribution < 1.29 is 4.74 Å². The van der Waals surface area contributed by atoms with Crippen LogP contribution in [-0.4, -0.2) is 29.6 Å². The van der Waals surface area contributed by atoms with Crippen LogP contribution in [0.5, 0.6) is 0 Å². The van der Waals surface area contributed by atoms with Crippen molar-refractivity contribution in [2.45, 2.75) is 12.6 Å². The Morgan fingerprint density at radius 1 is 1.08 bits per heavy atom. The van der Waals surface area contributed by atoms with Crippen LogP contribution in [0.15, 0.2) is 48.5 Å². The van der Waals surface area contributed by atoms with Gasteiger partial charge in [0, 0.05) is 30.8 Å². The molecule has 1 aromatic heterocycles. The van der Waals surface area contributed by atoms with Crippen LogP contribution in [0.2, 0.25) is 10.0 Å². The van der Waals surface area contributed by atoms with E-state index in [1.807, 2.05) is 18.2 Å². The molecule has 0 spiro atoms. The molecule has 1 N–H and O–H groups in total. The summed E-state index contributed by atoms with van der Waals surface area (Å²) >= 11 is 12.1. The summed E-state index contributed by atoms with van der Waals surface area (Å²) in [6.07, 6.45) is 0.0258. The Hall–Kier alpha value is -1.52. The molecular formula is C19H18Cl2N2O. The van der Waals surface area contributed by atoms with Crippen molar-refractivity contribution in [3.63, 3.8) is 0 Å². The van der Waals surface area contributed by atoms with Gasteiger partial charge in [0.15, 0.2) is 0 Å². The van der Waals surface area contributed by atoms with E-state index in [1.54, 1.807) is 0 Å². The minimum absolute atomic E-state index is 0.0258. The molecule has 1 saturated heterocycles. The number of H-pyrrole nitrogens is 1. The van der Waals surface area contributed by atoms with Gasteiger partial charge in [0.1, 0.15) is 0 Å². The van der Waals surface area contributed by atoms with Crippen molar-refractivity contribution in [2.75, 3.05) is 19.7 Å². The zero-order chi connectivity index (χ0) is 16.5. The van der Waals surface area contributed by atoms with Gasteiger partial charge in [-0.15, -0.1) is 0 Å². The van der Waals surface area contributed by atoms with Crippen LogP contribution in [0.25, 0.3) is 10.9 Å². The van der Waals surface area contributed by atoms with E-state index in [1.165, 1.54) is 16.6 Å². The molecule has 1 aliphatic heterocycles. The summed E-state index contributed by atoms with van der Waals surface area (Å²) in [5, 5.41) is 2.40. The standard InChI is InChI=1S/C19H18Cl2N2O/c20-16-6-5-14(10-17(16)21)19-12-23(7-8-24-19)11-15-9-13-3-1-2-4-18(13)22-15/h1-6,9-10,19,22H,7-8,11-12H2/t19-/m1/s1. The molecule has 4 rings (SSSR count). The van der Waals surface area contributed by atoms with Crippen LogP contribution in [0.4, 0.5) is 0 Å². The molecule has 3 nitrogen and oxygen atoms in total. The summed E-state index contributed by atoms with van der Waals surface area (Å²) in [4.78, 5) is 5.90. The van der Waals surface area contributed by atoms with Gasteiger partial charge in [-0.1, -0.05) is 47.5 Å². The molecule has 24 heavy (non-hydrogen) atoms. The summed E-state index contributed by atoms with van der Waals surface area (Å²) in [5.74, 6) is 0. The molecule has 1 atom stereocenters. The smallest absolute Gasteiger partial charge is 0.0953 e. The van der Waals surface area contributed by atoms with Gasteiger partial charge in [0.25, 0.3) is 0 Å². The van der Waals surface area contributed by atoms with Crippen LogP contribution in [0, 0.1) is 0 Å². The zero-order valence-electron chi connectivity index (χ0n) is 13.1. The van der Waals surface area contributed by atoms with Crippen molar-refractivity contribution in [1.29, 1.82) is 0 Å². The van der Waals surface area contributed by atoms with Crippen molar-refractivity contribution in [3.05, 3.63) is 69.8 Å². The molecule has 5 heteroatoms. The first kappa shape index (κ1) is 16.0. The summed E-state index contributed by atoms with van der Waals surface area (Å²) < 4.78 is 5.93. The number of halogens is 2. The highest BCUT2D eigenvalue weighted by Gasteiger charge is 2.23. The average molecular weight is 361 g/mol. The first-order chi connectivity index (χ1) is 11.7. The monoisotopic (exact) mass is 360 g/mol. The van der Waals surface area contributed by atoms with E-state index in [0.717, 1.165) is 25.2 Å². The number of rotatable bonds is 3. The minimum Gasteiger partial charge on any atom is -0.371 e. The molecule has 1 aliphatic rings. The van der Waals surface area contributed by atoms with Crippen molar-refractivity contribution in [2.24, 2.45) is 0 Å². The van der Waals surface area contributed by atoms with Gasteiger partial charge in [0.2, 0.25) is 0 Å². The first-order valence-electron chi connectivity index (χ1n) is 8.04. The molecule has 124 valence electrons. The highest BCUT2D eigenvalue weighted by atomic mass is 35.5. The molecule has 1 fully saturated rings. The molecule has 0 bridgehead atoms. The molecule has 0 aliphatic carbocycles. The van der Waals surface area contributed by atoms with E-state index in [2.05, 4.69) is 40.2 Å². The molecule has 2 heterocycles. The molecule has 3 aromatic rings. The number of morpholine rings is 1. The molecule has 0 radical (unpaired) electrons. The molecule has 0 saturated carbocycles. The zero-order valence-corrected chi connectivity index (χ0v) is 14.6. The number of para-hydroxylation sites is 1. The van der Waals surface area contributed by atoms with Gasteiger partial charge in [-0.25, -0.2) is 0 Å². The molecule has 2 aromatic carbocycles. The van der Waals surface area contributed by atoms with Crippen LogP contribution in [-0.2, 0) is 11.3 Å². The number of nitrogens with one attached hydrogen (secondary N) is 1. The predicted octanol–water partition coefficient (Wildman–Crippen LogP) is 5.05. The summed E-state index contributed by atoms with van der Waals surface area (Å²) in [7, 11) is 0. The van der Waals surface area contributed by atoms with E-state index in [4.69, 9.17) is 27.9 Å². The van der Waals surface area contributed by atoms with Gasteiger partial charge in [-0.05, 0) is 35.2 Å².